The molecule has 0 spiro atoms. The number of nitrogens with one attached hydrogen (secondary N) is 1. The first-order chi connectivity index (χ1) is 8.84. The summed E-state index contributed by atoms with van der Waals surface area (Å²) in [5.41, 5.74) is -0.605. The molecule has 1 aromatic heterocycles. The Morgan fingerprint density at radius 3 is 2.79 bits per heavy atom. The van der Waals surface area contributed by atoms with Gasteiger partial charge in [-0.3, -0.25) is 9.59 Å². The van der Waals surface area contributed by atoms with E-state index in [1.165, 1.54) is 11.3 Å². The second-order valence-electron chi connectivity index (χ2n) is 4.50. The smallest absolute Gasteiger partial charge is 0.313 e. The van der Waals surface area contributed by atoms with Gasteiger partial charge in [0, 0.05) is 0 Å². The minimum absolute atomic E-state index is 0.0990. The monoisotopic (exact) mass is 411 g/mol. The van der Waals surface area contributed by atoms with Gasteiger partial charge in [-0.1, -0.05) is 0 Å². The Morgan fingerprint density at radius 1 is 1.58 bits per heavy atom. The van der Waals surface area contributed by atoms with Crippen molar-refractivity contribution in [3.05, 3.63) is 19.2 Å². The second kappa shape index (κ2) is 5.51. The molecule has 1 aliphatic heterocycles. The van der Waals surface area contributed by atoms with Crippen molar-refractivity contribution >= 4 is 55.1 Å². The molecule has 2 N–H and O–H groups in total. The predicted molar refractivity (Wildman–Crippen MR) is 77.5 cm³/mol. The van der Waals surface area contributed by atoms with E-state index in [9.17, 15) is 14.7 Å². The number of thiophene rings is 1. The lowest BCUT2D eigenvalue weighted by Gasteiger charge is -2.25. The summed E-state index contributed by atoms with van der Waals surface area (Å²) in [6.07, 6.45) is 0. The fourth-order valence-electron chi connectivity index (χ4n) is 1.82. The van der Waals surface area contributed by atoms with Crippen LogP contribution in [0.1, 0.15) is 17.3 Å². The molecule has 0 bridgehead atoms. The third kappa shape index (κ3) is 2.86. The Hall–Kier alpha value is -0.440. The number of rotatable bonds is 3. The topological polar surface area (TPSA) is 75.6 Å². The van der Waals surface area contributed by atoms with Gasteiger partial charge in [0.05, 0.1) is 32.4 Å². The SMILES string of the molecule is CC1(C(=O)O)COCC1NC(=O)c1cc(Br)sc1Br. The Balaban J connectivity index is 2.15. The van der Waals surface area contributed by atoms with Gasteiger partial charge in [0.2, 0.25) is 0 Å². The molecule has 1 saturated heterocycles. The number of carboxylic acid groups (broad SMARTS) is 1. The van der Waals surface area contributed by atoms with Crippen LogP contribution >= 0.6 is 43.2 Å². The standard InChI is InChI=1S/C11H11Br2NO4S/c1-11(10(16)17)4-18-3-6(11)14-9(15)5-2-7(12)19-8(5)13/h2,6H,3-4H2,1H3,(H,14,15)(H,16,17). The Bertz CT molecular complexity index is 533. The van der Waals surface area contributed by atoms with E-state index in [0.29, 0.717) is 9.35 Å². The summed E-state index contributed by atoms with van der Waals surface area (Å²) >= 11 is 7.99. The van der Waals surface area contributed by atoms with Crippen LogP contribution in [0.15, 0.2) is 13.6 Å². The van der Waals surface area contributed by atoms with Gasteiger partial charge in [0.1, 0.15) is 5.41 Å². The van der Waals surface area contributed by atoms with Crippen LogP contribution in [0, 0.1) is 5.41 Å². The van der Waals surface area contributed by atoms with E-state index in [1.807, 2.05) is 0 Å². The van der Waals surface area contributed by atoms with E-state index in [4.69, 9.17) is 4.74 Å². The molecule has 1 aromatic rings. The normalized spacial score (nSPS) is 26.4. The number of carbonyl (C=O) groups is 2. The van der Waals surface area contributed by atoms with Gasteiger partial charge in [-0.25, -0.2) is 0 Å². The van der Waals surface area contributed by atoms with Crippen molar-refractivity contribution in [3.8, 4) is 0 Å². The van der Waals surface area contributed by atoms with Crippen molar-refractivity contribution in [2.45, 2.75) is 13.0 Å². The van der Waals surface area contributed by atoms with Crippen molar-refractivity contribution < 1.29 is 19.4 Å². The maximum Gasteiger partial charge on any atom is 0.313 e. The largest absolute Gasteiger partial charge is 0.481 e. The Labute approximate surface area is 130 Å². The molecule has 0 aliphatic carbocycles. The summed E-state index contributed by atoms with van der Waals surface area (Å²) in [5, 5.41) is 12.0. The summed E-state index contributed by atoms with van der Waals surface area (Å²) in [5.74, 6) is -1.28. The fraction of sp³-hybridized carbons (Fsp3) is 0.455. The van der Waals surface area contributed by atoms with Crippen LogP contribution in [-0.2, 0) is 9.53 Å². The van der Waals surface area contributed by atoms with E-state index in [0.717, 1.165) is 3.79 Å². The average Bonchev–Trinajstić information content (AvgIpc) is 2.84. The van der Waals surface area contributed by atoms with Crippen molar-refractivity contribution in [2.24, 2.45) is 5.41 Å². The molecule has 0 saturated carbocycles. The number of halogens is 2. The lowest BCUT2D eigenvalue weighted by atomic mass is 9.85. The van der Waals surface area contributed by atoms with Crippen LogP contribution in [0.3, 0.4) is 0 Å². The highest BCUT2D eigenvalue weighted by molar-refractivity contribution is 9.12. The summed E-state index contributed by atoms with van der Waals surface area (Å²) < 4.78 is 6.72. The first kappa shape index (κ1) is 15.0. The molecule has 1 fully saturated rings. The van der Waals surface area contributed by atoms with E-state index >= 15 is 0 Å². The minimum atomic E-state index is -1.09. The molecule has 19 heavy (non-hydrogen) atoms. The highest BCUT2D eigenvalue weighted by atomic mass is 79.9. The Morgan fingerprint density at radius 2 is 2.26 bits per heavy atom. The molecule has 1 amide bonds. The first-order valence-electron chi connectivity index (χ1n) is 5.41. The van der Waals surface area contributed by atoms with Crippen molar-refractivity contribution in [1.29, 1.82) is 0 Å². The molecule has 5 nitrogen and oxygen atoms in total. The van der Waals surface area contributed by atoms with Crippen molar-refractivity contribution in [2.75, 3.05) is 13.2 Å². The summed E-state index contributed by atoms with van der Waals surface area (Å²) in [6.45, 7) is 1.88. The molecule has 2 rings (SSSR count). The van der Waals surface area contributed by atoms with Gasteiger partial charge in [0.25, 0.3) is 5.91 Å². The van der Waals surface area contributed by atoms with Gasteiger partial charge < -0.3 is 15.2 Å². The van der Waals surface area contributed by atoms with E-state index < -0.39 is 17.4 Å². The van der Waals surface area contributed by atoms with Crippen LogP contribution in [-0.4, -0.2) is 36.2 Å². The van der Waals surface area contributed by atoms with Crippen molar-refractivity contribution in [1.82, 2.24) is 5.32 Å². The molecule has 2 atom stereocenters. The molecule has 2 heterocycles. The molecule has 1 aliphatic rings. The number of amides is 1. The number of carbonyl (C=O) groups excluding carboxylic acids is 1. The predicted octanol–water partition coefficient (Wildman–Crippen LogP) is 2.49. The van der Waals surface area contributed by atoms with Crippen LogP contribution in [0.25, 0.3) is 0 Å². The van der Waals surface area contributed by atoms with Gasteiger partial charge >= 0.3 is 5.97 Å². The second-order valence-corrected chi connectivity index (χ2v) is 8.25. The quantitative estimate of drug-likeness (QED) is 0.799. The third-order valence-electron chi connectivity index (χ3n) is 3.15. The zero-order valence-electron chi connectivity index (χ0n) is 9.91. The molecular formula is C11H11Br2NO4S. The Kier molecular flexibility index (Phi) is 4.34. The third-order valence-corrected chi connectivity index (χ3v) is 5.49. The van der Waals surface area contributed by atoms with E-state index in [2.05, 4.69) is 37.2 Å². The van der Waals surface area contributed by atoms with Gasteiger partial charge in [-0.05, 0) is 44.8 Å². The van der Waals surface area contributed by atoms with Gasteiger partial charge in [-0.2, -0.15) is 0 Å². The summed E-state index contributed by atoms with van der Waals surface area (Å²) in [4.78, 5) is 23.4. The molecular weight excluding hydrogens is 402 g/mol. The number of hydrogen-bond donors (Lipinski definition) is 2. The summed E-state index contributed by atoms with van der Waals surface area (Å²) in [6, 6.07) is 1.15. The molecule has 104 valence electrons. The van der Waals surface area contributed by atoms with E-state index in [-0.39, 0.29) is 19.1 Å². The maximum atomic E-state index is 12.1. The van der Waals surface area contributed by atoms with Crippen LogP contribution in [0.4, 0.5) is 0 Å². The minimum Gasteiger partial charge on any atom is -0.481 e. The zero-order chi connectivity index (χ0) is 14.2. The highest BCUT2D eigenvalue weighted by Crippen LogP contribution is 2.33. The van der Waals surface area contributed by atoms with Gasteiger partial charge in [-0.15, -0.1) is 11.3 Å². The lowest BCUT2D eigenvalue weighted by Crippen LogP contribution is -2.49. The maximum absolute atomic E-state index is 12.1. The summed E-state index contributed by atoms with van der Waals surface area (Å²) in [7, 11) is 0. The van der Waals surface area contributed by atoms with Crippen molar-refractivity contribution in [3.63, 3.8) is 0 Å². The molecule has 0 aromatic carbocycles. The fourth-order valence-corrected chi connectivity index (χ4v) is 4.61. The van der Waals surface area contributed by atoms with E-state index in [1.54, 1.807) is 13.0 Å². The lowest BCUT2D eigenvalue weighted by molar-refractivity contribution is -0.148. The van der Waals surface area contributed by atoms with Crippen LogP contribution in [0.2, 0.25) is 0 Å². The molecule has 8 heteroatoms. The number of ether oxygens (including phenoxy) is 1. The number of carboxylic acids is 1. The number of hydrogen-bond acceptors (Lipinski definition) is 4. The van der Waals surface area contributed by atoms with Crippen LogP contribution in [0.5, 0.6) is 0 Å². The average molecular weight is 413 g/mol. The first-order valence-corrected chi connectivity index (χ1v) is 7.81. The zero-order valence-corrected chi connectivity index (χ0v) is 13.9. The van der Waals surface area contributed by atoms with Gasteiger partial charge in [0.15, 0.2) is 0 Å². The molecule has 2 unspecified atom stereocenters. The van der Waals surface area contributed by atoms with Crippen LogP contribution < -0.4 is 5.32 Å². The number of aliphatic carboxylic acids is 1. The molecule has 0 radical (unpaired) electrons. The highest BCUT2D eigenvalue weighted by Gasteiger charge is 2.47.